The number of aryl methyl sites for hydroxylation is 1. The van der Waals surface area contributed by atoms with Crippen molar-refractivity contribution >= 4 is 17.6 Å². The van der Waals surface area contributed by atoms with Gasteiger partial charge < -0.3 is 14.7 Å². The van der Waals surface area contributed by atoms with Crippen molar-refractivity contribution in [2.24, 2.45) is 11.3 Å². The molecule has 0 saturated carbocycles. The van der Waals surface area contributed by atoms with Gasteiger partial charge in [0.1, 0.15) is 5.82 Å². The van der Waals surface area contributed by atoms with Gasteiger partial charge in [0.15, 0.2) is 0 Å². The van der Waals surface area contributed by atoms with Crippen LogP contribution < -0.4 is 4.90 Å². The topological polar surface area (TPSA) is 56.8 Å². The Balaban J connectivity index is 1.63. The first-order valence-electron chi connectivity index (χ1n) is 10.6. The minimum absolute atomic E-state index is 0.0550. The van der Waals surface area contributed by atoms with Crippen molar-refractivity contribution < 1.29 is 9.59 Å². The van der Waals surface area contributed by atoms with Gasteiger partial charge in [0, 0.05) is 58.0 Å². The van der Waals surface area contributed by atoms with Crippen LogP contribution in [0.3, 0.4) is 0 Å². The van der Waals surface area contributed by atoms with Crippen LogP contribution in [0.5, 0.6) is 0 Å². The lowest BCUT2D eigenvalue weighted by Crippen LogP contribution is -2.47. The fourth-order valence-corrected chi connectivity index (χ4v) is 5.01. The Bertz CT molecular complexity index is 913. The zero-order chi connectivity index (χ0) is 21.3. The molecule has 30 heavy (non-hydrogen) atoms. The second-order valence-electron chi connectivity index (χ2n) is 8.84. The number of rotatable bonds is 3. The molecular weight excluding hydrogens is 376 g/mol. The molecule has 2 aromatic rings. The predicted molar refractivity (Wildman–Crippen MR) is 117 cm³/mol. The first-order chi connectivity index (χ1) is 14.4. The number of aromatic nitrogens is 1. The molecule has 0 spiro atoms. The summed E-state index contributed by atoms with van der Waals surface area (Å²) in [6.07, 6.45) is 3.40. The van der Waals surface area contributed by atoms with Crippen LogP contribution in [-0.2, 0) is 4.79 Å². The second kappa shape index (κ2) is 8.09. The van der Waals surface area contributed by atoms with Gasteiger partial charge in [-0.15, -0.1) is 0 Å². The number of hydrogen-bond donors (Lipinski definition) is 0. The molecule has 6 heteroatoms. The largest absolute Gasteiger partial charge is 0.355 e. The molecule has 1 aromatic heterocycles. The zero-order valence-electron chi connectivity index (χ0n) is 18.0. The average Bonchev–Trinajstić information content (AvgIpc) is 3.02. The lowest BCUT2D eigenvalue weighted by atomic mass is 9.74. The van der Waals surface area contributed by atoms with Crippen LogP contribution in [0.25, 0.3) is 0 Å². The smallest absolute Gasteiger partial charge is 0.253 e. The zero-order valence-corrected chi connectivity index (χ0v) is 18.0. The number of hydrogen-bond acceptors (Lipinski definition) is 4. The predicted octanol–water partition coefficient (Wildman–Crippen LogP) is 2.84. The molecule has 2 fully saturated rings. The second-order valence-corrected chi connectivity index (χ2v) is 8.84. The highest BCUT2D eigenvalue weighted by Gasteiger charge is 2.54. The van der Waals surface area contributed by atoms with Gasteiger partial charge in [0.25, 0.3) is 5.91 Å². The number of carbonyl (C=O) groups excluding carboxylic acids is 2. The summed E-state index contributed by atoms with van der Waals surface area (Å²) >= 11 is 0. The highest BCUT2D eigenvalue weighted by Crippen LogP contribution is 2.45. The minimum Gasteiger partial charge on any atom is -0.355 e. The van der Waals surface area contributed by atoms with E-state index in [1.807, 2.05) is 68.4 Å². The van der Waals surface area contributed by atoms with Crippen LogP contribution in [0, 0.1) is 18.3 Å². The lowest BCUT2D eigenvalue weighted by molar-refractivity contribution is -0.141. The van der Waals surface area contributed by atoms with Gasteiger partial charge >= 0.3 is 0 Å². The molecule has 1 aromatic carbocycles. The molecule has 2 saturated heterocycles. The molecule has 6 nitrogen and oxygen atoms in total. The number of nitrogens with zero attached hydrogens (tertiary/aromatic N) is 4. The van der Waals surface area contributed by atoms with Crippen molar-refractivity contribution in [2.75, 3.05) is 45.2 Å². The van der Waals surface area contributed by atoms with Gasteiger partial charge in [-0.05, 0) is 44.0 Å². The Labute approximate surface area is 178 Å². The van der Waals surface area contributed by atoms with E-state index in [1.54, 1.807) is 11.1 Å². The third-order valence-corrected chi connectivity index (χ3v) is 6.58. The first kappa shape index (κ1) is 20.4. The highest BCUT2D eigenvalue weighted by molar-refractivity contribution is 5.94. The van der Waals surface area contributed by atoms with Crippen LogP contribution in [0.15, 0.2) is 48.7 Å². The molecule has 0 aliphatic carbocycles. The maximum atomic E-state index is 13.4. The van der Waals surface area contributed by atoms with Gasteiger partial charge in [0.05, 0.1) is 5.41 Å². The van der Waals surface area contributed by atoms with Crippen molar-refractivity contribution in [3.63, 3.8) is 0 Å². The number of benzene rings is 1. The molecule has 0 unspecified atom stereocenters. The normalized spacial score (nSPS) is 23.6. The Morgan fingerprint density at radius 1 is 1.10 bits per heavy atom. The van der Waals surface area contributed by atoms with E-state index >= 15 is 0 Å². The summed E-state index contributed by atoms with van der Waals surface area (Å²) < 4.78 is 0. The van der Waals surface area contributed by atoms with Gasteiger partial charge in [-0.3, -0.25) is 9.59 Å². The molecule has 0 N–H and O–H groups in total. The fraction of sp³-hybridized carbons (Fsp3) is 0.458. The SMILES string of the molecule is Cc1ccc(C(=O)N2CCC[C@]3(C(=O)N(C)C)CN(c4ccccn4)C[C@@H]3C2)cc1. The number of pyridine rings is 1. The van der Waals surface area contributed by atoms with E-state index in [-0.39, 0.29) is 17.7 Å². The van der Waals surface area contributed by atoms with Crippen LogP contribution >= 0.6 is 0 Å². The van der Waals surface area contributed by atoms with Gasteiger partial charge in [-0.25, -0.2) is 4.98 Å². The number of amides is 2. The van der Waals surface area contributed by atoms with E-state index in [9.17, 15) is 9.59 Å². The van der Waals surface area contributed by atoms with Gasteiger partial charge in [0.2, 0.25) is 5.91 Å². The van der Waals surface area contributed by atoms with Crippen LogP contribution in [0.2, 0.25) is 0 Å². The van der Waals surface area contributed by atoms with Gasteiger partial charge in [-0.2, -0.15) is 0 Å². The summed E-state index contributed by atoms with van der Waals surface area (Å²) in [4.78, 5) is 37.0. The van der Waals surface area contributed by atoms with Crippen molar-refractivity contribution in [1.29, 1.82) is 0 Å². The Morgan fingerprint density at radius 3 is 2.53 bits per heavy atom. The van der Waals surface area contributed by atoms with Crippen LogP contribution in [0.4, 0.5) is 5.82 Å². The Kier molecular flexibility index (Phi) is 5.50. The molecule has 2 aliphatic heterocycles. The maximum absolute atomic E-state index is 13.4. The first-order valence-corrected chi connectivity index (χ1v) is 10.6. The van der Waals surface area contributed by atoms with E-state index in [4.69, 9.17) is 0 Å². The molecule has 4 rings (SSSR count). The molecule has 2 aliphatic rings. The summed E-state index contributed by atoms with van der Waals surface area (Å²) in [6.45, 7) is 4.68. The van der Waals surface area contributed by atoms with E-state index in [0.29, 0.717) is 25.2 Å². The van der Waals surface area contributed by atoms with E-state index in [1.165, 1.54) is 0 Å². The lowest BCUT2D eigenvalue weighted by Gasteiger charge is -2.34. The van der Waals surface area contributed by atoms with E-state index in [2.05, 4.69) is 9.88 Å². The summed E-state index contributed by atoms with van der Waals surface area (Å²) in [6, 6.07) is 13.6. The maximum Gasteiger partial charge on any atom is 0.253 e. The number of likely N-dealkylation sites (tertiary alicyclic amines) is 1. The average molecular weight is 407 g/mol. The quantitative estimate of drug-likeness (QED) is 0.787. The summed E-state index contributed by atoms with van der Waals surface area (Å²) in [5.41, 5.74) is 1.37. The van der Waals surface area contributed by atoms with E-state index in [0.717, 1.165) is 30.8 Å². The molecule has 0 radical (unpaired) electrons. The Hall–Kier alpha value is -2.89. The molecule has 2 amide bonds. The summed E-state index contributed by atoms with van der Waals surface area (Å²) in [5.74, 6) is 1.19. The van der Waals surface area contributed by atoms with Crippen molar-refractivity contribution in [2.45, 2.75) is 19.8 Å². The Morgan fingerprint density at radius 2 is 1.87 bits per heavy atom. The summed E-state index contributed by atoms with van der Waals surface area (Å²) in [5, 5.41) is 0. The summed E-state index contributed by atoms with van der Waals surface area (Å²) in [7, 11) is 3.66. The van der Waals surface area contributed by atoms with E-state index < -0.39 is 5.41 Å². The molecular formula is C24H30N4O2. The third-order valence-electron chi connectivity index (χ3n) is 6.58. The molecule has 158 valence electrons. The molecule has 3 heterocycles. The molecule has 0 bridgehead atoms. The number of anilines is 1. The monoisotopic (exact) mass is 406 g/mol. The standard InChI is InChI=1S/C24H30N4O2/c1-18-8-10-19(11-9-18)22(29)27-14-6-12-24(23(30)26(2)3)17-28(16-20(24)15-27)21-7-4-5-13-25-21/h4-5,7-11,13,20H,6,12,14-17H2,1-3H3/t20-,24-/m0/s1. The molecule has 2 atom stereocenters. The highest BCUT2D eigenvalue weighted by atomic mass is 16.2. The van der Waals surface area contributed by atoms with Crippen LogP contribution in [-0.4, -0.2) is 66.9 Å². The van der Waals surface area contributed by atoms with Crippen molar-refractivity contribution in [3.8, 4) is 0 Å². The van der Waals surface area contributed by atoms with Crippen LogP contribution in [0.1, 0.15) is 28.8 Å². The fourth-order valence-electron chi connectivity index (χ4n) is 5.01. The number of fused-ring (bicyclic) bond motifs is 1. The van der Waals surface area contributed by atoms with Gasteiger partial charge in [-0.1, -0.05) is 23.8 Å². The third kappa shape index (κ3) is 3.66. The number of carbonyl (C=O) groups is 2. The van der Waals surface area contributed by atoms with Crippen molar-refractivity contribution in [1.82, 2.24) is 14.8 Å². The minimum atomic E-state index is -0.483. The van der Waals surface area contributed by atoms with Crippen molar-refractivity contribution in [3.05, 3.63) is 59.8 Å².